The first-order valence-corrected chi connectivity index (χ1v) is 7.81. The summed E-state index contributed by atoms with van der Waals surface area (Å²) in [7, 11) is 1.29. The summed E-state index contributed by atoms with van der Waals surface area (Å²) in [6.07, 6.45) is 4.21. The van der Waals surface area contributed by atoms with Crippen molar-refractivity contribution in [3.8, 4) is 0 Å². The van der Waals surface area contributed by atoms with Crippen LogP contribution in [-0.2, 0) is 25.7 Å². The van der Waals surface area contributed by atoms with Crippen LogP contribution >= 0.6 is 0 Å². The Labute approximate surface area is 136 Å². The van der Waals surface area contributed by atoms with E-state index in [-0.39, 0.29) is 12.0 Å². The van der Waals surface area contributed by atoms with Gasteiger partial charge in [0.25, 0.3) is 0 Å². The van der Waals surface area contributed by atoms with Gasteiger partial charge in [-0.3, -0.25) is 4.79 Å². The molecule has 2 rings (SSSR count). The predicted molar refractivity (Wildman–Crippen MR) is 86.7 cm³/mol. The number of methoxy groups -OCH3 is 1. The number of benzene rings is 1. The van der Waals surface area contributed by atoms with Gasteiger partial charge in [0.1, 0.15) is 0 Å². The zero-order valence-electron chi connectivity index (χ0n) is 13.7. The molecule has 1 saturated heterocycles. The second kappa shape index (κ2) is 8.48. The lowest BCUT2D eigenvalue weighted by Crippen LogP contribution is -2.40. The molecule has 5 heteroatoms. The van der Waals surface area contributed by atoms with Gasteiger partial charge in [-0.25, -0.2) is 4.79 Å². The third-order valence-electron chi connectivity index (χ3n) is 4.05. The number of aryl methyl sites for hydroxylation is 1. The molecule has 0 unspecified atom stereocenters. The van der Waals surface area contributed by atoms with Crippen molar-refractivity contribution in [3.63, 3.8) is 0 Å². The fourth-order valence-electron chi connectivity index (χ4n) is 2.54. The molecule has 0 aliphatic carbocycles. The summed E-state index contributed by atoms with van der Waals surface area (Å²) in [5, 5.41) is 0. The lowest BCUT2D eigenvalue weighted by atomic mass is 10.1. The number of ether oxygens (including phenoxy) is 2. The van der Waals surface area contributed by atoms with E-state index < -0.39 is 5.97 Å². The molecule has 0 radical (unpaired) electrons. The van der Waals surface area contributed by atoms with Gasteiger partial charge in [0.05, 0.1) is 19.8 Å². The summed E-state index contributed by atoms with van der Waals surface area (Å²) >= 11 is 0. The number of carbonyl (C=O) groups excluding carboxylic acids is 2. The molecule has 1 aromatic rings. The van der Waals surface area contributed by atoms with Crippen molar-refractivity contribution in [3.05, 3.63) is 47.5 Å². The Morgan fingerprint density at radius 2 is 1.91 bits per heavy atom. The van der Waals surface area contributed by atoms with Crippen molar-refractivity contribution in [2.75, 3.05) is 20.2 Å². The monoisotopic (exact) mass is 317 g/mol. The third-order valence-corrected chi connectivity index (χ3v) is 4.05. The Balaban J connectivity index is 1.75. The van der Waals surface area contributed by atoms with Gasteiger partial charge in [0, 0.05) is 25.2 Å². The lowest BCUT2D eigenvalue weighted by Gasteiger charge is -2.31. The van der Waals surface area contributed by atoms with Gasteiger partial charge in [0.15, 0.2) is 0 Å². The highest BCUT2D eigenvalue weighted by atomic mass is 16.5. The largest absolute Gasteiger partial charge is 0.466 e. The third kappa shape index (κ3) is 5.21. The number of hydrogen-bond donors (Lipinski definition) is 0. The van der Waals surface area contributed by atoms with E-state index in [0.717, 1.165) is 18.9 Å². The average Bonchev–Trinajstić information content (AvgIpc) is 2.59. The van der Waals surface area contributed by atoms with E-state index in [1.54, 1.807) is 4.90 Å². The van der Waals surface area contributed by atoms with Gasteiger partial charge in [-0.1, -0.05) is 24.3 Å². The normalized spacial score (nSPS) is 15.8. The van der Waals surface area contributed by atoms with Crippen molar-refractivity contribution >= 4 is 11.9 Å². The van der Waals surface area contributed by atoms with Crippen LogP contribution in [0.2, 0.25) is 0 Å². The molecule has 1 fully saturated rings. The SMILES string of the molecule is COC(=O)/C=C/C(=O)N1CCC(OCc2ccccc2C)CC1. The van der Waals surface area contributed by atoms with Crippen LogP contribution in [-0.4, -0.2) is 43.1 Å². The number of hydrogen-bond acceptors (Lipinski definition) is 4. The summed E-state index contributed by atoms with van der Waals surface area (Å²) in [4.78, 5) is 24.7. The van der Waals surface area contributed by atoms with Crippen LogP contribution < -0.4 is 0 Å². The van der Waals surface area contributed by atoms with Crippen LogP contribution in [0.1, 0.15) is 24.0 Å². The smallest absolute Gasteiger partial charge is 0.330 e. The molecule has 0 bridgehead atoms. The maximum absolute atomic E-state index is 11.9. The molecule has 0 spiro atoms. The number of piperidine rings is 1. The summed E-state index contributed by atoms with van der Waals surface area (Å²) in [5.74, 6) is -0.678. The highest BCUT2D eigenvalue weighted by molar-refractivity contribution is 5.94. The van der Waals surface area contributed by atoms with Crippen molar-refractivity contribution in [2.45, 2.75) is 32.5 Å². The minimum Gasteiger partial charge on any atom is -0.466 e. The Bertz CT molecular complexity index is 574. The summed E-state index contributed by atoms with van der Waals surface area (Å²) in [6.45, 7) is 3.96. The molecule has 1 aliphatic rings. The highest BCUT2D eigenvalue weighted by Gasteiger charge is 2.22. The molecule has 0 N–H and O–H groups in total. The zero-order chi connectivity index (χ0) is 16.7. The number of carbonyl (C=O) groups is 2. The lowest BCUT2D eigenvalue weighted by molar-refractivity contribution is -0.135. The van der Waals surface area contributed by atoms with E-state index in [9.17, 15) is 9.59 Å². The quantitative estimate of drug-likeness (QED) is 0.617. The van der Waals surface area contributed by atoms with E-state index in [2.05, 4.69) is 23.8 Å². The van der Waals surface area contributed by atoms with Crippen LogP contribution in [0.3, 0.4) is 0 Å². The molecule has 0 aromatic heterocycles. The van der Waals surface area contributed by atoms with Crippen molar-refractivity contribution in [1.82, 2.24) is 4.90 Å². The topological polar surface area (TPSA) is 55.8 Å². The molecule has 0 atom stereocenters. The van der Waals surface area contributed by atoms with Crippen LogP contribution in [0.5, 0.6) is 0 Å². The molecule has 124 valence electrons. The second-order valence-corrected chi connectivity index (χ2v) is 5.62. The van der Waals surface area contributed by atoms with Crippen LogP contribution in [0, 0.1) is 6.92 Å². The van der Waals surface area contributed by atoms with Gasteiger partial charge in [-0.15, -0.1) is 0 Å². The molecule has 0 saturated carbocycles. The zero-order valence-corrected chi connectivity index (χ0v) is 13.7. The van der Waals surface area contributed by atoms with Gasteiger partial charge in [-0.2, -0.15) is 0 Å². The first kappa shape index (κ1) is 17.2. The first-order valence-electron chi connectivity index (χ1n) is 7.81. The molecule has 23 heavy (non-hydrogen) atoms. The Morgan fingerprint density at radius 1 is 1.22 bits per heavy atom. The van der Waals surface area contributed by atoms with Gasteiger partial charge in [-0.05, 0) is 30.9 Å². The van der Waals surface area contributed by atoms with E-state index in [1.165, 1.54) is 24.3 Å². The molecular weight excluding hydrogens is 294 g/mol. The van der Waals surface area contributed by atoms with Crippen molar-refractivity contribution in [1.29, 1.82) is 0 Å². The maximum Gasteiger partial charge on any atom is 0.330 e. The van der Waals surface area contributed by atoms with Crippen LogP contribution in [0.15, 0.2) is 36.4 Å². The number of esters is 1. The first-order chi connectivity index (χ1) is 11.1. The average molecular weight is 317 g/mol. The number of rotatable bonds is 5. The molecular formula is C18H23NO4. The van der Waals surface area contributed by atoms with Gasteiger partial charge >= 0.3 is 5.97 Å². The Hall–Kier alpha value is -2.14. The van der Waals surface area contributed by atoms with Gasteiger partial charge in [0.2, 0.25) is 5.91 Å². The number of likely N-dealkylation sites (tertiary alicyclic amines) is 1. The number of nitrogens with zero attached hydrogens (tertiary/aromatic N) is 1. The standard InChI is InChI=1S/C18H23NO4/c1-14-5-3-4-6-15(14)13-23-16-9-11-19(12-10-16)17(20)7-8-18(21)22-2/h3-8,16H,9-13H2,1-2H3/b8-7+. The molecule has 1 amide bonds. The van der Waals surface area contributed by atoms with Gasteiger partial charge < -0.3 is 14.4 Å². The fraction of sp³-hybridized carbons (Fsp3) is 0.444. The Kier molecular flexibility index (Phi) is 6.35. The van der Waals surface area contributed by atoms with E-state index >= 15 is 0 Å². The summed E-state index contributed by atoms with van der Waals surface area (Å²) in [6, 6.07) is 8.19. The van der Waals surface area contributed by atoms with E-state index in [1.807, 2.05) is 12.1 Å². The second-order valence-electron chi connectivity index (χ2n) is 5.62. The van der Waals surface area contributed by atoms with Crippen molar-refractivity contribution < 1.29 is 19.1 Å². The molecule has 1 aliphatic heterocycles. The summed E-state index contributed by atoms with van der Waals surface area (Å²) in [5.41, 5.74) is 2.43. The van der Waals surface area contributed by atoms with E-state index in [0.29, 0.717) is 19.7 Å². The molecule has 5 nitrogen and oxygen atoms in total. The maximum atomic E-state index is 11.9. The molecule has 1 heterocycles. The molecule has 1 aromatic carbocycles. The van der Waals surface area contributed by atoms with Crippen molar-refractivity contribution in [2.24, 2.45) is 0 Å². The fourth-order valence-corrected chi connectivity index (χ4v) is 2.54. The minimum absolute atomic E-state index is 0.159. The van der Waals surface area contributed by atoms with E-state index in [4.69, 9.17) is 4.74 Å². The van der Waals surface area contributed by atoms with Crippen LogP contribution in [0.4, 0.5) is 0 Å². The van der Waals surface area contributed by atoms with Crippen LogP contribution in [0.25, 0.3) is 0 Å². The minimum atomic E-state index is -0.519. The highest BCUT2D eigenvalue weighted by Crippen LogP contribution is 2.17. The number of amides is 1. The Morgan fingerprint density at radius 3 is 2.57 bits per heavy atom. The predicted octanol–water partition coefficient (Wildman–Crippen LogP) is 2.23. The summed E-state index contributed by atoms with van der Waals surface area (Å²) < 4.78 is 10.4.